The number of nitrogens with two attached hydrogens (primary N) is 2. The van der Waals surface area contributed by atoms with E-state index in [1.165, 1.54) is 10.8 Å². The third kappa shape index (κ3) is 3.57. The minimum atomic E-state index is -0.787. The first kappa shape index (κ1) is 15.9. The Balaban J connectivity index is 2.23. The monoisotopic (exact) mass is 300 g/mol. The first-order valence-electron chi connectivity index (χ1n) is 6.76. The van der Waals surface area contributed by atoms with Gasteiger partial charge in [-0.15, -0.1) is 0 Å². The van der Waals surface area contributed by atoms with Gasteiger partial charge in [0.05, 0.1) is 12.7 Å². The third-order valence-electron chi connectivity index (χ3n) is 3.47. The SMILES string of the molecule is NCCCc1cn([C@H]2C[C@H](O)[C@@H](CON)O2)c(=O)[nH]c1=O. The quantitative estimate of drug-likeness (QED) is 0.443. The predicted octanol–water partition coefficient (Wildman–Crippen LogP) is -2.03. The van der Waals surface area contributed by atoms with Crippen LogP contribution in [0.3, 0.4) is 0 Å². The van der Waals surface area contributed by atoms with Crippen molar-refractivity contribution in [3.63, 3.8) is 0 Å². The van der Waals surface area contributed by atoms with Gasteiger partial charge in [-0.2, -0.15) is 0 Å². The molecule has 21 heavy (non-hydrogen) atoms. The number of aliphatic hydroxyl groups excluding tert-OH is 1. The van der Waals surface area contributed by atoms with Gasteiger partial charge in [0, 0.05) is 18.2 Å². The van der Waals surface area contributed by atoms with Gasteiger partial charge in [-0.05, 0) is 19.4 Å². The summed E-state index contributed by atoms with van der Waals surface area (Å²) in [5, 5.41) is 9.84. The minimum absolute atomic E-state index is 0.0236. The van der Waals surface area contributed by atoms with E-state index in [4.69, 9.17) is 16.4 Å². The molecule has 118 valence electrons. The fourth-order valence-electron chi connectivity index (χ4n) is 2.34. The smallest absolute Gasteiger partial charge is 0.330 e. The second-order valence-corrected chi connectivity index (χ2v) is 4.98. The standard InChI is InChI=1S/C12H20N4O5/c13-3-1-2-7-5-16(12(19)15-11(7)18)10-4-8(17)9(21-10)6-20-14/h5,8-10,17H,1-4,6,13-14H2,(H,15,18,19)/t8-,9+,10+/m0/s1. The predicted molar refractivity (Wildman–Crippen MR) is 73.4 cm³/mol. The number of aryl methyl sites for hydroxylation is 1. The van der Waals surface area contributed by atoms with Crippen molar-refractivity contribution in [1.82, 2.24) is 9.55 Å². The Morgan fingerprint density at radius 2 is 2.29 bits per heavy atom. The van der Waals surface area contributed by atoms with Crippen molar-refractivity contribution >= 4 is 0 Å². The Morgan fingerprint density at radius 3 is 2.95 bits per heavy atom. The van der Waals surface area contributed by atoms with E-state index < -0.39 is 29.7 Å². The highest BCUT2D eigenvalue weighted by Gasteiger charge is 2.35. The number of nitrogens with one attached hydrogen (secondary N) is 1. The van der Waals surface area contributed by atoms with E-state index in [9.17, 15) is 14.7 Å². The molecule has 0 unspecified atom stereocenters. The summed E-state index contributed by atoms with van der Waals surface area (Å²) in [5.74, 6) is 4.96. The molecule has 1 aromatic heterocycles. The van der Waals surface area contributed by atoms with Crippen LogP contribution in [0.4, 0.5) is 0 Å². The van der Waals surface area contributed by atoms with Crippen LogP contribution < -0.4 is 22.9 Å². The Hall–Kier alpha value is -1.52. The molecular weight excluding hydrogens is 280 g/mol. The van der Waals surface area contributed by atoms with Crippen LogP contribution >= 0.6 is 0 Å². The van der Waals surface area contributed by atoms with Crippen LogP contribution in [0.25, 0.3) is 0 Å². The zero-order valence-electron chi connectivity index (χ0n) is 11.5. The van der Waals surface area contributed by atoms with Crippen LogP contribution in [-0.4, -0.2) is 40.0 Å². The lowest BCUT2D eigenvalue weighted by Gasteiger charge is -2.15. The Bertz CT molecular complexity index is 584. The van der Waals surface area contributed by atoms with Gasteiger partial charge in [0.15, 0.2) is 0 Å². The molecule has 1 aliphatic heterocycles. The molecule has 9 heteroatoms. The number of hydrogen-bond acceptors (Lipinski definition) is 7. The van der Waals surface area contributed by atoms with Crippen molar-refractivity contribution in [2.75, 3.05) is 13.2 Å². The first-order chi connectivity index (χ1) is 10.1. The van der Waals surface area contributed by atoms with Crippen LogP contribution in [0.15, 0.2) is 15.8 Å². The number of nitrogens with zero attached hydrogens (tertiary/aromatic N) is 1. The highest BCUT2D eigenvalue weighted by atomic mass is 16.6. The average molecular weight is 300 g/mol. The van der Waals surface area contributed by atoms with Crippen LogP contribution in [0.1, 0.15) is 24.6 Å². The van der Waals surface area contributed by atoms with Crippen molar-refractivity contribution in [2.45, 2.75) is 37.7 Å². The van der Waals surface area contributed by atoms with Crippen LogP contribution in [0.5, 0.6) is 0 Å². The number of H-pyrrole nitrogens is 1. The molecule has 0 bridgehead atoms. The van der Waals surface area contributed by atoms with Gasteiger partial charge < -0.3 is 20.4 Å². The summed E-state index contributed by atoms with van der Waals surface area (Å²) in [7, 11) is 0. The molecule has 6 N–H and O–H groups in total. The molecule has 1 saturated heterocycles. The van der Waals surface area contributed by atoms with Gasteiger partial charge in [-0.25, -0.2) is 10.7 Å². The molecule has 1 aromatic rings. The third-order valence-corrected chi connectivity index (χ3v) is 3.47. The van der Waals surface area contributed by atoms with E-state index in [1.54, 1.807) is 0 Å². The van der Waals surface area contributed by atoms with E-state index in [0.29, 0.717) is 24.9 Å². The Kier molecular flexibility index (Phi) is 5.26. The summed E-state index contributed by atoms with van der Waals surface area (Å²) >= 11 is 0. The molecule has 0 amide bonds. The van der Waals surface area contributed by atoms with Crippen molar-refractivity contribution in [1.29, 1.82) is 0 Å². The number of rotatable bonds is 6. The molecular formula is C12H20N4O5. The molecule has 3 atom stereocenters. The van der Waals surface area contributed by atoms with E-state index in [1.807, 2.05) is 0 Å². The number of aromatic nitrogens is 2. The van der Waals surface area contributed by atoms with Crippen LogP contribution in [-0.2, 0) is 16.0 Å². The first-order valence-corrected chi connectivity index (χ1v) is 6.76. The lowest BCUT2D eigenvalue weighted by molar-refractivity contribution is -0.0642. The molecule has 1 aliphatic rings. The molecule has 0 spiro atoms. The average Bonchev–Trinajstić information content (AvgIpc) is 2.79. The molecule has 0 aromatic carbocycles. The lowest BCUT2D eigenvalue weighted by Crippen LogP contribution is -2.34. The summed E-state index contributed by atoms with van der Waals surface area (Å²) in [5.41, 5.74) is 4.87. The molecule has 1 fully saturated rings. The molecule has 2 rings (SSSR count). The van der Waals surface area contributed by atoms with E-state index in [2.05, 4.69) is 9.82 Å². The van der Waals surface area contributed by atoms with E-state index >= 15 is 0 Å². The number of aromatic amines is 1. The number of hydrogen-bond donors (Lipinski definition) is 4. The minimum Gasteiger partial charge on any atom is -0.390 e. The molecule has 0 radical (unpaired) electrons. The van der Waals surface area contributed by atoms with Crippen molar-refractivity contribution in [2.24, 2.45) is 11.6 Å². The highest BCUT2D eigenvalue weighted by Crippen LogP contribution is 2.27. The largest absolute Gasteiger partial charge is 0.390 e. The second-order valence-electron chi connectivity index (χ2n) is 4.98. The van der Waals surface area contributed by atoms with Crippen molar-refractivity contribution in [3.05, 3.63) is 32.6 Å². The zero-order chi connectivity index (χ0) is 15.4. The molecule has 0 saturated carbocycles. The van der Waals surface area contributed by atoms with Crippen molar-refractivity contribution < 1.29 is 14.7 Å². The maximum atomic E-state index is 11.9. The fraction of sp³-hybridized carbons (Fsp3) is 0.667. The van der Waals surface area contributed by atoms with E-state index in [0.717, 1.165) is 0 Å². The highest BCUT2D eigenvalue weighted by molar-refractivity contribution is 5.05. The van der Waals surface area contributed by atoms with Crippen LogP contribution in [0, 0.1) is 0 Å². The van der Waals surface area contributed by atoms with Crippen LogP contribution in [0.2, 0.25) is 0 Å². The maximum absolute atomic E-state index is 11.9. The van der Waals surface area contributed by atoms with Gasteiger partial charge in [-0.1, -0.05) is 0 Å². The molecule has 2 heterocycles. The Labute approximate surface area is 120 Å². The van der Waals surface area contributed by atoms with Gasteiger partial charge in [0.25, 0.3) is 5.56 Å². The fourth-order valence-corrected chi connectivity index (χ4v) is 2.34. The summed E-state index contributed by atoms with van der Waals surface area (Å²) in [6, 6.07) is 0. The summed E-state index contributed by atoms with van der Waals surface area (Å²) < 4.78 is 6.81. The normalized spacial score (nSPS) is 25.4. The topological polar surface area (TPSA) is 146 Å². The lowest BCUT2D eigenvalue weighted by atomic mass is 10.1. The second kappa shape index (κ2) is 6.96. The number of aliphatic hydroxyl groups is 1. The van der Waals surface area contributed by atoms with E-state index in [-0.39, 0.29) is 13.0 Å². The van der Waals surface area contributed by atoms with Crippen molar-refractivity contribution in [3.8, 4) is 0 Å². The summed E-state index contributed by atoms with van der Waals surface area (Å²) in [4.78, 5) is 30.3. The molecule has 9 nitrogen and oxygen atoms in total. The Morgan fingerprint density at radius 1 is 1.52 bits per heavy atom. The summed E-state index contributed by atoms with van der Waals surface area (Å²) in [6.45, 7) is 0.475. The van der Waals surface area contributed by atoms with Gasteiger partial charge in [-0.3, -0.25) is 14.3 Å². The van der Waals surface area contributed by atoms with Gasteiger partial charge in [0.2, 0.25) is 0 Å². The maximum Gasteiger partial charge on any atom is 0.330 e. The number of ether oxygens (including phenoxy) is 1. The van der Waals surface area contributed by atoms with Gasteiger partial charge in [0.1, 0.15) is 12.3 Å². The zero-order valence-corrected chi connectivity index (χ0v) is 11.5. The molecule has 0 aliphatic carbocycles. The summed E-state index contributed by atoms with van der Waals surface area (Å²) in [6.07, 6.45) is 0.726. The van der Waals surface area contributed by atoms with Gasteiger partial charge >= 0.3 is 5.69 Å².